The van der Waals surface area contributed by atoms with E-state index in [4.69, 9.17) is 21.4 Å². The fourth-order valence-electron chi connectivity index (χ4n) is 2.22. The first kappa shape index (κ1) is 18.8. The van der Waals surface area contributed by atoms with Crippen molar-refractivity contribution in [2.45, 2.75) is 26.0 Å². The molecule has 1 atom stereocenters. The number of carboxylic acid groups (broad SMARTS) is 1. The molecule has 0 radical (unpaired) electrons. The van der Waals surface area contributed by atoms with Gasteiger partial charge in [-0.05, 0) is 42.3 Å². The molecule has 0 aliphatic rings. The molecule has 0 fully saturated rings. The summed E-state index contributed by atoms with van der Waals surface area (Å²) in [4.78, 5) is 24.4. The van der Waals surface area contributed by atoms with Gasteiger partial charge < -0.3 is 14.7 Å². The lowest BCUT2D eigenvalue weighted by Crippen LogP contribution is -2.41. The topological polar surface area (TPSA) is 66.8 Å². The van der Waals surface area contributed by atoms with E-state index in [1.54, 1.807) is 18.2 Å². The van der Waals surface area contributed by atoms with Crippen molar-refractivity contribution in [1.29, 1.82) is 0 Å². The Kier molecular flexibility index (Phi) is 6.42. The number of carboxylic acids is 1. The summed E-state index contributed by atoms with van der Waals surface area (Å²) in [5, 5.41) is 9.64. The van der Waals surface area contributed by atoms with Crippen LogP contribution < -0.4 is 4.74 Å². The summed E-state index contributed by atoms with van der Waals surface area (Å²) in [6.07, 6.45) is 0.114. The second kappa shape index (κ2) is 8.53. The Labute approximate surface area is 151 Å². The van der Waals surface area contributed by atoms with Gasteiger partial charge in [-0.2, -0.15) is 0 Å². The molecule has 1 unspecified atom stereocenters. The summed E-state index contributed by atoms with van der Waals surface area (Å²) in [5.41, 5.74) is 1.71. The molecule has 0 saturated heterocycles. The van der Waals surface area contributed by atoms with Gasteiger partial charge in [-0.25, -0.2) is 4.79 Å². The number of ether oxygens (including phenoxy) is 1. The van der Waals surface area contributed by atoms with Crippen LogP contribution in [0.4, 0.5) is 0 Å². The predicted molar refractivity (Wildman–Crippen MR) is 95.8 cm³/mol. The van der Waals surface area contributed by atoms with E-state index in [0.717, 1.165) is 11.1 Å². The van der Waals surface area contributed by atoms with E-state index in [2.05, 4.69) is 0 Å². The second-order valence-electron chi connectivity index (χ2n) is 5.76. The molecule has 1 N–H and O–H groups in total. The third kappa shape index (κ3) is 5.50. The number of halogens is 1. The molecule has 25 heavy (non-hydrogen) atoms. The van der Waals surface area contributed by atoms with Gasteiger partial charge in [0.2, 0.25) is 5.91 Å². The fourth-order valence-corrected chi connectivity index (χ4v) is 2.43. The van der Waals surface area contributed by atoms with Gasteiger partial charge in [-0.3, -0.25) is 4.79 Å². The van der Waals surface area contributed by atoms with Crippen molar-refractivity contribution < 1.29 is 19.4 Å². The number of likely N-dealkylation sites (N-methyl/N-ethyl adjacent to an activating group) is 1. The van der Waals surface area contributed by atoms with E-state index >= 15 is 0 Å². The SMILES string of the molecule is CC(C(=O)O)N(C)C(=O)Cc1cccc(OCc2cccc(Cl)c2)c1. The average molecular weight is 362 g/mol. The molecule has 2 aromatic carbocycles. The molecule has 0 saturated carbocycles. The molecular weight excluding hydrogens is 342 g/mol. The van der Waals surface area contributed by atoms with Gasteiger partial charge >= 0.3 is 5.97 Å². The highest BCUT2D eigenvalue weighted by atomic mass is 35.5. The van der Waals surface area contributed by atoms with Crippen molar-refractivity contribution in [3.63, 3.8) is 0 Å². The lowest BCUT2D eigenvalue weighted by atomic mass is 10.1. The van der Waals surface area contributed by atoms with Gasteiger partial charge in [0.25, 0.3) is 0 Å². The fraction of sp³-hybridized carbons (Fsp3) is 0.263. The van der Waals surface area contributed by atoms with E-state index in [0.29, 0.717) is 17.4 Å². The molecule has 0 aliphatic heterocycles. The van der Waals surface area contributed by atoms with Crippen LogP contribution >= 0.6 is 11.6 Å². The maximum Gasteiger partial charge on any atom is 0.326 e. The summed E-state index contributed by atoms with van der Waals surface area (Å²) >= 11 is 5.95. The van der Waals surface area contributed by atoms with Gasteiger partial charge in [-0.1, -0.05) is 35.9 Å². The maximum absolute atomic E-state index is 12.2. The Balaban J connectivity index is 1.98. The number of hydrogen-bond acceptors (Lipinski definition) is 3. The number of rotatable bonds is 7. The smallest absolute Gasteiger partial charge is 0.326 e. The summed E-state index contributed by atoms with van der Waals surface area (Å²) in [7, 11) is 1.49. The van der Waals surface area contributed by atoms with Gasteiger partial charge in [0.05, 0.1) is 6.42 Å². The highest BCUT2D eigenvalue weighted by Gasteiger charge is 2.21. The zero-order valence-electron chi connectivity index (χ0n) is 14.1. The maximum atomic E-state index is 12.2. The van der Waals surface area contributed by atoms with Crippen LogP contribution in [-0.2, 0) is 22.6 Å². The summed E-state index contributed by atoms with van der Waals surface area (Å²) in [6, 6.07) is 13.7. The van der Waals surface area contributed by atoms with Crippen LogP contribution in [0.15, 0.2) is 48.5 Å². The van der Waals surface area contributed by atoms with E-state index in [-0.39, 0.29) is 12.3 Å². The summed E-state index contributed by atoms with van der Waals surface area (Å²) in [5.74, 6) is -0.657. The Morgan fingerprint density at radius 3 is 2.52 bits per heavy atom. The first-order chi connectivity index (χ1) is 11.9. The van der Waals surface area contributed by atoms with E-state index in [9.17, 15) is 9.59 Å². The number of hydrogen-bond donors (Lipinski definition) is 1. The predicted octanol–water partition coefficient (Wildman–Crippen LogP) is 3.39. The lowest BCUT2D eigenvalue weighted by Gasteiger charge is -2.21. The molecular formula is C19H20ClNO4. The van der Waals surface area contributed by atoms with Crippen molar-refractivity contribution in [1.82, 2.24) is 4.90 Å². The quantitative estimate of drug-likeness (QED) is 0.820. The van der Waals surface area contributed by atoms with Gasteiger partial charge in [0.1, 0.15) is 18.4 Å². The molecule has 5 nitrogen and oxygen atoms in total. The minimum Gasteiger partial charge on any atom is -0.489 e. The van der Waals surface area contributed by atoms with Crippen LogP contribution in [0.5, 0.6) is 5.75 Å². The van der Waals surface area contributed by atoms with Crippen molar-refractivity contribution in [3.8, 4) is 5.75 Å². The second-order valence-corrected chi connectivity index (χ2v) is 6.20. The van der Waals surface area contributed by atoms with Crippen molar-refractivity contribution >= 4 is 23.5 Å². The molecule has 0 heterocycles. The first-order valence-corrected chi connectivity index (χ1v) is 8.19. The number of carbonyl (C=O) groups excluding carboxylic acids is 1. The van der Waals surface area contributed by atoms with Gasteiger partial charge in [0, 0.05) is 12.1 Å². The van der Waals surface area contributed by atoms with E-state index in [1.165, 1.54) is 18.9 Å². The number of nitrogens with zero attached hydrogens (tertiary/aromatic N) is 1. The zero-order valence-corrected chi connectivity index (χ0v) is 14.9. The molecule has 6 heteroatoms. The summed E-state index contributed by atoms with van der Waals surface area (Å²) in [6.45, 7) is 1.85. The zero-order chi connectivity index (χ0) is 18.4. The number of aliphatic carboxylic acids is 1. The molecule has 0 spiro atoms. The Hall–Kier alpha value is -2.53. The standard InChI is InChI=1S/C19H20ClNO4/c1-13(19(23)24)21(2)18(22)11-14-5-4-8-17(10-14)25-12-15-6-3-7-16(20)9-15/h3-10,13H,11-12H2,1-2H3,(H,23,24). The molecule has 0 aliphatic carbocycles. The minimum atomic E-state index is -1.03. The number of carbonyl (C=O) groups is 2. The van der Waals surface area contributed by atoms with Crippen LogP contribution in [-0.4, -0.2) is 35.0 Å². The Morgan fingerprint density at radius 1 is 1.16 bits per heavy atom. The Bertz CT molecular complexity index is 763. The van der Waals surface area contributed by atoms with Crippen LogP contribution in [0.3, 0.4) is 0 Å². The average Bonchev–Trinajstić information content (AvgIpc) is 2.59. The van der Waals surface area contributed by atoms with Crippen molar-refractivity contribution in [2.75, 3.05) is 7.05 Å². The third-order valence-corrected chi connectivity index (χ3v) is 4.12. The Morgan fingerprint density at radius 2 is 1.84 bits per heavy atom. The van der Waals surface area contributed by atoms with Gasteiger partial charge in [-0.15, -0.1) is 0 Å². The van der Waals surface area contributed by atoms with E-state index in [1.807, 2.05) is 30.3 Å². The first-order valence-electron chi connectivity index (χ1n) is 7.81. The highest BCUT2D eigenvalue weighted by molar-refractivity contribution is 6.30. The number of amides is 1. The van der Waals surface area contributed by atoms with Crippen LogP contribution in [0.2, 0.25) is 5.02 Å². The molecule has 2 aromatic rings. The van der Waals surface area contributed by atoms with Crippen molar-refractivity contribution in [2.24, 2.45) is 0 Å². The molecule has 132 valence electrons. The van der Waals surface area contributed by atoms with Gasteiger partial charge in [0.15, 0.2) is 0 Å². The van der Waals surface area contributed by atoms with Crippen LogP contribution in [0, 0.1) is 0 Å². The van der Waals surface area contributed by atoms with E-state index < -0.39 is 12.0 Å². The van der Waals surface area contributed by atoms with Crippen molar-refractivity contribution in [3.05, 3.63) is 64.7 Å². The number of benzene rings is 2. The molecule has 2 rings (SSSR count). The molecule has 1 amide bonds. The highest BCUT2D eigenvalue weighted by Crippen LogP contribution is 2.18. The molecule has 0 aromatic heterocycles. The normalized spacial score (nSPS) is 11.6. The largest absolute Gasteiger partial charge is 0.489 e. The monoisotopic (exact) mass is 361 g/mol. The third-order valence-electron chi connectivity index (χ3n) is 3.88. The molecule has 0 bridgehead atoms. The van der Waals surface area contributed by atoms with Crippen LogP contribution in [0.1, 0.15) is 18.1 Å². The minimum absolute atomic E-state index is 0.114. The van der Waals surface area contributed by atoms with Crippen LogP contribution in [0.25, 0.3) is 0 Å². The summed E-state index contributed by atoms with van der Waals surface area (Å²) < 4.78 is 5.74. The lowest BCUT2D eigenvalue weighted by molar-refractivity contribution is -0.148.